The summed E-state index contributed by atoms with van der Waals surface area (Å²) in [6, 6.07) is 8.39. The number of rotatable bonds is 12. The Kier molecular flexibility index (Phi) is 9.98. The van der Waals surface area contributed by atoms with Crippen molar-refractivity contribution in [1.29, 1.82) is 0 Å². The molecule has 1 aromatic rings. The summed E-state index contributed by atoms with van der Waals surface area (Å²) in [6.07, 6.45) is 5.00. The molecule has 0 N–H and O–H groups in total. The molecule has 0 fully saturated rings. The molecule has 20 heavy (non-hydrogen) atoms. The van der Waals surface area contributed by atoms with E-state index in [1.54, 1.807) is 0 Å². The van der Waals surface area contributed by atoms with Crippen LogP contribution in [0.25, 0.3) is 0 Å². The van der Waals surface area contributed by atoms with Gasteiger partial charge in [0.25, 0.3) is 0 Å². The van der Waals surface area contributed by atoms with Gasteiger partial charge in [0.15, 0.2) is 0 Å². The van der Waals surface area contributed by atoms with E-state index in [1.165, 1.54) is 24.8 Å². The predicted molar refractivity (Wildman–Crippen MR) is 82.5 cm³/mol. The maximum absolute atomic E-state index is 5.63. The Morgan fingerprint density at radius 1 is 0.800 bits per heavy atom. The van der Waals surface area contributed by atoms with Gasteiger partial charge in [0.2, 0.25) is 0 Å². The molecule has 3 heteroatoms. The first-order valence-corrected chi connectivity index (χ1v) is 7.74. The molecule has 0 aromatic heterocycles. The summed E-state index contributed by atoms with van der Waals surface area (Å²) in [5.41, 5.74) is 1.39. The topological polar surface area (TPSA) is 27.7 Å². The Hall–Kier alpha value is -1.06. The van der Waals surface area contributed by atoms with E-state index in [2.05, 4.69) is 19.1 Å². The summed E-state index contributed by atoms with van der Waals surface area (Å²) in [5, 5.41) is 0. The minimum Gasteiger partial charge on any atom is -0.491 e. The zero-order chi connectivity index (χ0) is 14.5. The highest BCUT2D eigenvalue weighted by atomic mass is 16.5. The molecule has 0 saturated heterocycles. The predicted octanol–water partition coefficient (Wildman–Crippen LogP) is 3.85. The second kappa shape index (κ2) is 11.7. The molecule has 1 rings (SSSR count). The summed E-state index contributed by atoms with van der Waals surface area (Å²) in [5.74, 6) is 0.914. The fraction of sp³-hybridized carbons (Fsp3) is 0.647. The molecule has 0 bridgehead atoms. The summed E-state index contributed by atoms with van der Waals surface area (Å²) in [6.45, 7) is 7.43. The quantitative estimate of drug-likeness (QED) is 0.544. The minimum absolute atomic E-state index is 0.585. The van der Waals surface area contributed by atoms with Crippen molar-refractivity contribution in [1.82, 2.24) is 0 Å². The van der Waals surface area contributed by atoms with Gasteiger partial charge >= 0.3 is 0 Å². The van der Waals surface area contributed by atoms with Gasteiger partial charge in [0, 0.05) is 6.61 Å². The maximum atomic E-state index is 5.63. The minimum atomic E-state index is 0.585. The Balaban J connectivity index is 2.08. The normalized spacial score (nSPS) is 10.7. The van der Waals surface area contributed by atoms with Gasteiger partial charge in [-0.1, -0.05) is 31.9 Å². The third-order valence-electron chi connectivity index (χ3n) is 3.06. The molecule has 0 amide bonds. The van der Waals surface area contributed by atoms with E-state index < -0.39 is 0 Å². The highest BCUT2D eigenvalue weighted by Gasteiger charge is 1.96. The largest absolute Gasteiger partial charge is 0.491 e. The van der Waals surface area contributed by atoms with Gasteiger partial charge < -0.3 is 14.2 Å². The first kappa shape index (κ1) is 17.0. The van der Waals surface area contributed by atoms with Gasteiger partial charge in [0.05, 0.1) is 19.8 Å². The molecule has 0 aliphatic heterocycles. The van der Waals surface area contributed by atoms with Crippen LogP contribution < -0.4 is 4.74 Å². The van der Waals surface area contributed by atoms with Crippen LogP contribution in [0.1, 0.15) is 38.7 Å². The van der Waals surface area contributed by atoms with Gasteiger partial charge in [-0.15, -0.1) is 0 Å². The molecule has 114 valence electrons. The standard InChI is InChI=1S/C17H28O3/c1-3-5-6-7-16-8-10-17(11-9-16)20-15-14-19-13-12-18-4-2/h8-11H,3-7,12-15H2,1-2H3. The Labute approximate surface area is 123 Å². The average molecular weight is 280 g/mol. The van der Waals surface area contributed by atoms with Crippen molar-refractivity contribution in [3.05, 3.63) is 29.8 Å². The van der Waals surface area contributed by atoms with Crippen LogP contribution in [0.4, 0.5) is 0 Å². The van der Waals surface area contributed by atoms with Crippen LogP contribution >= 0.6 is 0 Å². The van der Waals surface area contributed by atoms with Crippen LogP contribution in [0.2, 0.25) is 0 Å². The molecule has 0 radical (unpaired) electrons. The van der Waals surface area contributed by atoms with Gasteiger partial charge in [0.1, 0.15) is 12.4 Å². The van der Waals surface area contributed by atoms with Gasteiger partial charge in [-0.25, -0.2) is 0 Å². The average Bonchev–Trinajstić information content (AvgIpc) is 2.48. The van der Waals surface area contributed by atoms with E-state index in [0.29, 0.717) is 26.4 Å². The number of unbranched alkanes of at least 4 members (excludes halogenated alkanes) is 2. The second-order valence-corrected chi connectivity index (χ2v) is 4.76. The lowest BCUT2D eigenvalue weighted by atomic mass is 10.1. The van der Waals surface area contributed by atoms with Crippen molar-refractivity contribution in [3.63, 3.8) is 0 Å². The number of ether oxygens (including phenoxy) is 3. The number of benzene rings is 1. The summed E-state index contributed by atoms with van der Waals surface area (Å²) >= 11 is 0. The highest BCUT2D eigenvalue weighted by Crippen LogP contribution is 2.14. The first-order valence-electron chi connectivity index (χ1n) is 7.74. The van der Waals surface area contributed by atoms with Crippen LogP contribution in [-0.4, -0.2) is 33.0 Å². The second-order valence-electron chi connectivity index (χ2n) is 4.76. The van der Waals surface area contributed by atoms with Gasteiger partial charge in [-0.05, 0) is 37.5 Å². The van der Waals surface area contributed by atoms with Crippen LogP contribution in [-0.2, 0) is 15.9 Å². The van der Waals surface area contributed by atoms with Crippen LogP contribution in [0, 0.1) is 0 Å². The molecular formula is C17H28O3. The van der Waals surface area contributed by atoms with Crippen molar-refractivity contribution in [2.45, 2.75) is 39.5 Å². The third-order valence-corrected chi connectivity index (χ3v) is 3.06. The van der Waals surface area contributed by atoms with Crippen LogP contribution in [0.5, 0.6) is 5.75 Å². The molecule has 0 spiro atoms. The van der Waals surface area contributed by atoms with E-state index in [0.717, 1.165) is 18.8 Å². The van der Waals surface area contributed by atoms with Crippen LogP contribution in [0.3, 0.4) is 0 Å². The third kappa shape index (κ3) is 8.18. The van der Waals surface area contributed by atoms with Crippen LogP contribution in [0.15, 0.2) is 24.3 Å². The molecule has 0 aliphatic rings. The fourth-order valence-electron chi connectivity index (χ4n) is 1.91. The Morgan fingerprint density at radius 3 is 2.20 bits per heavy atom. The Morgan fingerprint density at radius 2 is 1.50 bits per heavy atom. The van der Waals surface area contributed by atoms with E-state index in [4.69, 9.17) is 14.2 Å². The van der Waals surface area contributed by atoms with Crippen molar-refractivity contribution >= 4 is 0 Å². The zero-order valence-electron chi connectivity index (χ0n) is 12.9. The fourth-order valence-corrected chi connectivity index (χ4v) is 1.91. The molecular weight excluding hydrogens is 252 g/mol. The first-order chi connectivity index (χ1) is 9.86. The number of aryl methyl sites for hydroxylation is 1. The summed E-state index contributed by atoms with van der Waals surface area (Å²) in [7, 11) is 0. The van der Waals surface area contributed by atoms with Crippen molar-refractivity contribution in [3.8, 4) is 5.75 Å². The van der Waals surface area contributed by atoms with Crippen molar-refractivity contribution in [2.24, 2.45) is 0 Å². The lowest BCUT2D eigenvalue weighted by Crippen LogP contribution is -2.10. The SMILES string of the molecule is CCCCCc1ccc(OCCOCCOCC)cc1. The lowest BCUT2D eigenvalue weighted by Gasteiger charge is -2.08. The van der Waals surface area contributed by atoms with E-state index >= 15 is 0 Å². The summed E-state index contributed by atoms with van der Waals surface area (Å²) < 4.78 is 16.2. The Bertz CT molecular complexity index is 322. The van der Waals surface area contributed by atoms with Gasteiger partial charge in [-0.3, -0.25) is 0 Å². The lowest BCUT2D eigenvalue weighted by molar-refractivity contribution is 0.0405. The summed E-state index contributed by atoms with van der Waals surface area (Å²) in [4.78, 5) is 0. The van der Waals surface area contributed by atoms with E-state index in [-0.39, 0.29) is 0 Å². The molecule has 0 saturated carbocycles. The van der Waals surface area contributed by atoms with E-state index in [9.17, 15) is 0 Å². The van der Waals surface area contributed by atoms with Gasteiger partial charge in [-0.2, -0.15) is 0 Å². The zero-order valence-corrected chi connectivity index (χ0v) is 12.9. The molecule has 1 aromatic carbocycles. The molecule has 0 heterocycles. The van der Waals surface area contributed by atoms with E-state index in [1.807, 2.05) is 19.1 Å². The molecule has 0 unspecified atom stereocenters. The smallest absolute Gasteiger partial charge is 0.119 e. The molecule has 0 atom stereocenters. The monoisotopic (exact) mass is 280 g/mol. The van der Waals surface area contributed by atoms with Crippen molar-refractivity contribution in [2.75, 3.05) is 33.0 Å². The maximum Gasteiger partial charge on any atom is 0.119 e. The highest BCUT2D eigenvalue weighted by molar-refractivity contribution is 5.27. The van der Waals surface area contributed by atoms with Crippen molar-refractivity contribution < 1.29 is 14.2 Å². The molecule has 0 aliphatic carbocycles. The number of hydrogen-bond donors (Lipinski definition) is 0. The number of hydrogen-bond acceptors (Lipinski definition) is 3. The molecule has 3 nitrogen and oxygen atoms in total.